The van der Waals surface area contributed by atoms with Gasteiger partial charge >= 0.3 is 5.97 Å². The summed E-state index contributed by atoms with van der Waals surface area (Å²) in [6.07, 6.45) is 1.59. The Morgan fingerprint density at radius 2 is 2.12 bits per heavy atom. The summed E-state index contributed by atoms with van der Waals surface area (Å²) in [5, 5.41) is 12.8. The molecule has 0 aromatic carbocycles. The normalized spacial score (nSPS) is 17.4. The van der Waals surface area contributed by atoms with Gasteiger partial charge in [0.25, 0.3) is 0 Å². The maximum Gasteiger partial charge on any atom is 0.325 e. The standard InChI is InChI=1S/C17H22N4O3S/c1-12-19-14(11-25-12)10-20-5-7-21(8-6-20)16(17(22)23)13-3-4-15(24-2)18-9-13/h3-4,9,11,16H,5-8,10H2,1-2H3,(H,22,23). The second kappa shape index (κ2) is 7.90. The highest BCUT2D eigenvalue weighted by Crippen LogP contribution is 2.24. The number of methoxy groups -OCH3 is 1. The van der Waals surface area contributed by atoms with Gasteiger partial charge in [0.05, 0.1) is 17.8 Å². The number of carbonyl (C=O) groups is 1. The lowest BCUT2D eigenvalue weighted by molar-refractivity contribution is -0.144. The number of aromatic nitrogens is 2. The molecule has 8 heteroatoms. The third-order valence-corrected chi connectivity index (χ3v) is 5.16. The summed E-state index contributed by atoms with van der Waals surface area (Å²) in [5.41, 5.74) is 1.77. The van der Waals surface area contributed by atoms with Crippen molar-refractivity contribution in [3.05, 3.63) is 40.0 Å². The van der Waals surface area contributed by atoms with Crippen molar-refractivity contribution in [2.24, 2.45) is 0 Å². The van der Waals surface area contributed by atoms with Crippen LogP contribution < -0.4 is 4.74 Å². The first kappa shape index (κ1) is 17.8. The van der Waals surface area contributed by atoms with Crippen LogP contribution in [-0.4, -0.2) is 64.1 Å². The molecule has 2 aromatic heterocycles. The van der Waals surface area contributed by atoms with Gasteiger partial charge in [0, 0.05) is 50.4 Å². The fourth-order valence-electron chi connectivity index (χ4n) is 3.07. The zero-order chi connectivity index (χ0) is 17.8. The number of piperazine rings is 1. The van der Waals surface area contributed by atoms with Crippen molar-refractivity contribution < 1.29 is 14.6 Å². The van der Waals surface area contributed by atoms with Crippen molar-refractivity contribution >= 4 is 17.3 Å². The summed E-state index contributed by atoms with van der Waals surface area (Å²) in [4.78, 5) is 24.8. The van der Waals surface area contributed by atoms with Crippen molar-refractivity contribution in [3.63, 3.8) is 0 Å². The van der Waals surface area contributed by atoms with E-state index in [-0.39, 0.29) is 0 Å². The molecule has 1 fully saturated rings. The number of rotatable bonds is 6. The Morgan fingerprint density at radius 3 is 2.64 bits per heavy atom. The van der Waals surface area contributed by atoms with Crippen LogP contribution in [0.3, 0.4) is 0 Å². The van der Waals surface area contributed by atoms with Gasteiger partial charge < -0.3 is 9.84 Å². The SMILES string of the molecule is COc1ccc(C(C(=O)O)N2CCN(Cc3csc(C)n3)CC2)cn1. The molecule has 0 bridgehead atoms. The maximum absolute atomic E-state index is 11.8. The van der Waals surface area contributed by atoms with Crippen LogP contribution in [-0.2, 0) is 11.3 Å². The third kappa shape index (κ3) is 4.33. The molecule has 0 saturated carbocycles. The molecule has 3 heterocycles. The second-order valence-electron chi connectivity index (χ2n) is 6.04. The first-order chi connectivity index (χ1) is 12.1. The van der Waals surface area contributed by atoms with Crippen LogP contribution in [0.2, 0.25) is 0 Å². The summed E-state index contributed by atoms with van der Waals surface area (Å²) in [6.45, 7) is 5.87. The van der Waals surface area contributed by atoms with E-state index in [0.717, 1.165) is 30.3 Å². The van der Waals surface area contributed by atoms with Gasteiger partial charge in [-0.15, -0.1) is 11.3 Å². The lowest BCUT2D eigenvalue weighted by Gasteiger charge is -2.37. The maximum atomic E-state index is 11.8. The van der Waals surface area contributed by atoms with E-state index in [4.69, 9.17) is 4.74 Å². The molecule has 0 spiro atoms. The summed E-state index contributed by atoms with van der Waals surface area (Å²) in [7, 11) is 1.54. The Kier molecular flexibility index (Phi) is 5.62. The lowest BCUT2D eigenvalue weighted by Crippen LogP contribution is -2.48. The highest BCUT2D eigenvalue weighted by atomic mass is 32.1. The molecule has 1 aliphatic heterocycles. The molecule has 1 atom stereocenters. The number of aliphatic carboxylic acids is 1. The molecule has 3 rings (SSSR count). The number of hydrogen-bond acceptors (Lipinski definition) is 7. The van der Waals surface area contributed by atoms with E-state index in [9.17, 15) is 9.90 Å². The zero-order valence-electron chi connectivity index (χ0n) is 14.4. The Hall–Kier alpha value is -2.03. The Bertz CT molecular complexity index is 711. The summed E-state index contributed by atoms with van der Waals surface area (Å²) >= 11 is 1.66. The van der Waals surface area contributed by atoms with E-state index in [1.165, 1.54) is 0 Å². The van der Waals surface area contributed by atoms with Crippen LogP contribution in [0.5, 0.6) is 5.88 Å². The van der Waals surface area contributed by atoms with Crippen molar-refractivity contribution in [2.45, 2.75) is 19.5 Å². The average molecular weight is 362 g/mol. The number of carboxylic acid groups (broad SMARTS) is 1. The predicted octanol–water partition coefficient (Wildman–Crippen LogP) is 1.80. The van der Waals surface area contributed by atoms with Crippen molar-refractivity contribution in [1.82, 2.24) is 19.8 Å². The van der Waals surface area contributed by atoms with Crippen molar-refractivity contribution in [1.29, 1.82) is 0 Å². The highest BCUT2D eigenvalue weighted by Gasteiger charge is 2.30. The van der Waals surface area contributed by atoms with Crippen LogP contribution in [0, 0.1) is 6.92 Å². The van der Waals surface area contributed by atoms with Crippen LogP contribution in [0.4, 0.5) is 0 Å². The van der Waals surface area contributed by atoms with E-state index >= 15 is 0 Å². The molecule has 0 radical (unpaired) electrons. The summed E-state index contributed by atoms with van der Waals surface area (Å²) in [5.74, 6) is -0.369. The van der Waals surface area contributed by atoms with E-state index in [1.807, 2.05) is 11.8 Å². The molecule has 134 valence electrons. The molecule has 7 nitrogen and oxygen atoms in total. The average Bonchev–Trinajstić information content (AvgIpc) is 3.02. The minimum atomic E-state index is -0.851. The molecule has 25 heavy (non-hydrogen) atoms. The predicted molar refractivity (Wildman–Crippen MR) is 94.9 cm³/mol. The number of aryl methyl sites for hydroxylation is 1. The second-order valence-corrected chi connectivity index (χ2v) is 7.11. The lowest BCUT2D eigenvalue weighted by atomic mass is 10.1. The van der Waals surface area contributed by atoms with Gasteiger partial charge in [0.15, 0.2) is 0 Å². The topological polar surface area (TPSA) is 78.8 Å². The fourth-order valence-corrected chi connectivity index (χ4v) is 3.68. The summed E-state index contributed by atoms with van der Waals surface area (Å²) < 4.78 is 5.04. The monoisotopic (exact) mass is 362 g/mol. The van der Waals surface area contributed by atoms with Gasteiger partial charge in [-0.05, 0) is 18.6 Å². The van der Waals surface area contributed by atoms with Gasteiger partial charge in [0.1, 0.15) is 6.04 Å². The zero-order valence-corrected chi connectivity index (χ0v) is 15.2. The van der Waals surface area contributed by atoms with E-state index in [2.05, 4.69) is 20.2 Å². The van der Waals surface area contributed by atoms with Crippen molar-refractivity contribution in [2.75, 3.05) is 33.3 Å². The molecule has 1 unspecified atom stereocenters. The van der Waals surface area contributed by atoms with E-state index in [1.54, 1.807) is 36.8 Å². The van der Waals surface area contributed by atoms with Crippen LogP contribution in [0.15, 0.2) is 23.7 Å². The molecular formula is C17H22N4O3S. The first-order valence-corrected chi connectivity index (χ1v) is 9.05. The molecule has 1 N–H and O–H groups in total. The quantitative estimate of drug-likeness (QED) is 0.839. The van der Waals surface area contributed by atoms with Crippen LogP contribution >= 0.6 is 11.3 Å². The van der Waals surface area contributed by atoms with E-state index in [0.29, 0.717) is 24.5 Å². The molecule has 0 aliphatic carbocycles. The minimum absolute atomic E-state index is 0.483. The number of nitrogens with zero attached hydrogens (tertiary/aromatic N) is 4. The van der Waals surface area contributed by atoms with Gasteiger partial charge in [-0.2, -0.15) is 0 Å². The van der Waals surface area contributed by atoms with Crippen molar-refractivity contribution in [3.8, 4) is 5.88 Å². The third-order valence-electron chi connectivity index (χ3n) is 4.34. The van der Waals surface area contributed by atoms with Gasteiger partial charge in [-0.25, -0.2) is 9.97 Å². The molecule has 1 aliphatic rings. The Morgan fingerprint density at radius 1 is 1.36 bits per heavy atom. The van der Waals surface area contributed by atoms with Crippen LogP contribution in [0.1, 0.15) is 22.3 Å². The van der Waals surface area contributed by atoms with Gasteiger partial charge in [0.2, 0.25) is 5.88 Å². The Labute approximate surface area is 150 Å². The smallest absolute Gasteiger partial charge is 0.325 e. The number of ether oxygens (including phenoxy) is 1. The molecule has 0 amide bonds. The molecule has 1 saturated heterocycles. The van der Waals surface area contributed by atoms with Crippen LogP contribution in [0.25, 0.3) is 0 Å². The largest absolute Gasteiger partial charge is 0.481 e. The Balaban J connectivity index is 1.63. The highest BCUT2D eigenvalue weighted by molar-refractivity contribution is 7.09. The number of thiazole rings is 1. The number of hydrogen-bond donors (Lipinski definition) is 1. The first-order valence-electron chi connectivity index (χ1n) is 8.17. The summed E-state index contributed by atoms with van der Waals surface area (Å²) in [6, 6.07) is 2.79. The minimum Gasteiger partial charge on any atom is -0.481 e. The van der Waals surface area contributed by atoms with Gasteiger partial charge in [-0.3, -0.25) is 14.6 Å². The molecular weight excluding hydrogens is 340 g/mol. The fraction of sp³-hybridized carbons (Fsp3) is 0.471. The number of pyridine rings is 1. The number of carboxylic acids is 1. The van der Waals surface area contributed by atoms with E-state index < -0.39 is 12.0 Å². The van der Waals surface area contributed by atoms with Gasteiger partial charge in [-0.1, -0.05) is 0 Å². The molecule has 2 aromatic rings.